The number of aromatic nitrogens is 3. The first-order valence-electron chi connectivity index (χ1n) is 5.48. The quantitative estimate of drug-likeness (QED) is 0.742. The molecule has 0 aliphatic carbocycles. The van der Waals surface area contributed by atoms with Gasteiger partial charge in [0.05, 0.1) is 7.11 Å². The van der Waals surface area contributed by atoms with E-state index in [1.807, 2.05) is 30.5 Å². The molecule has 0 saturated heterocycles. The molecular formula is C13H11N3O2. The molecule has 0 atom stereocenters. The Kier molecular flexibility index (Phi) is 2.37. The molecule has 0 radical (unpaired) electrons. The van der Waals surface area contributed by atoms with E-state index in [9.17, 15) is 4.79 Å². The fourth-order valence-corrected chi connectivity index (χ4v) is 1.83. The van der Waals surface area contributed by atoms with Crippen molar-refractivity contribution in [2.24, 2.45) is 0 Å². The topological polar surface area (TPSA) is 59.4 Å². The van der Waals surface area contributed by atoms with Gasteiger partial charge in [0.2, 0.25) is 0 Å². The lowest BCUT2D eigenvalue weighted by Crippen LogP contribution is -1.98. The third-order valence-corrected chi connectivity index (χ3v) is 2.77. The molecule has 2 aromatic heterocycles. The van der Waals surface area contributed by atoms with E-state index >= 15 is 0 Å². The second kappa shape index (κ2) is 4.03. The Morgan fingerprint density at radius 3 is 2.72 bits per heavy atom. The van der Waals surface area contributed by atoms with Crippen molar-refractivity contribution < 1.29 is 4.74 Å². The molecule has 3 aromatic rings. The number of nitrogens with one attached hydrogen (secondary N) is 1. The third kappa shape index (κ3) is 1.75. The summed E-state index contributed by atoms with van der Waals surface area (Å²) in [4.78, 5) is 15.4. The molecule has 18 heavy (non-hydrogen) atoms. The number of hydrogen-bond donors (Lipinski definition) is 1. The first-order chi connectivity index (χ1) is 8.76. The molecule has 0 amide bonds. The van der Waals surface area contributed by atoms with Crippen molar-refractivity contribution in [3.63, 3.8) is 0 Å². The molecule has 0 fully saturated rings. The maximum Gasteiger partial charge on any atom is 0.266 e. The van der Waals surface area contributed by atoms with Crippen LogP contribution in [0.25, 0.3) is 16.8 Å². The number of aromatic amines is 1. The highest BCUT2D eigenvalue weighted by Crippen LogP contribution is 2.21. The molecule has 0 aliphatic heterocycles. The van der Waals surface area contributed by atoms with Crippen LogP contribution in [0.5, 0.6) is 5.75 Å². The standard InChI is InChI=1S/C13H11N3O2/c1-18-11-4-2-9(3-5-11)10-7-14-12-6-13(17)15-16(12)8-10/h2-8H,1H3,(H,15,17). The van der Waals surface area contributed by atoms with Crippen molar-refractivity contribution in [1.29, 1.82) is 0 Å². The Morgan fingerprint density at radius 1 is 1.22 bits per heavy atom. The zero-order valence-electron chi connectivity index (χ0n) is 9.75. The van der Waals surface area contributed by atoms with Crippen LogP contribution in [0, 0.1) is 0 Å². The zero-order chi connectivity index (χ0) is 12.5. The van der Waals surface area contributed by atoms with E-state index in [1.165, 1.54) is 6.07 Å². The summed E-state index contributed by atoms with van der Waals surface area (Å²) in [7, 11) is 1.63. The number of fused-ring (bicyclic) bond motifs is 1. The minimum Gasteiger partial charge on any atom is -0.497 e. The van der Waals surface area contributed by atoms with Gasteiger partial charge in [0.1, 0.15) is 5.75 Å². The number of H-pyrrole nitrogens is 1. The van der Waals surface area contributed by atoms with Crippen molar-refractivity contribution in [2.45, 2.75) is 0 Å². The first kappa shape index (κ1) is 10.6. The van der Waals surface area contributed by atoms with Gasteiger partial charge in [-0.1, -0.05) is 12.1 Å². The van der Waals surface area contributed by atoms with Crippen molar-refractivity contribution in [3.8, 4) is 16.9 Å². The second-order valence-corrected chi connectivity index (χ2v) is 3.92. The van der Waals surface area contributed by atoms with Gasteiger partial charge in [0.25, 0.3) is 5.56 Å². The summed E-state index contributed by atoms with van der Waals surface area (Å²) in [6, 6.07) is 9.13. The van der Waals surface area contributed by atoms with E-state index < -0.39 is 0 Å². The normalized spacial score (nSPS) is 10.7. The minimum atomic E-state index is -0.158. The number of rotatable bonds is 2. The molecule has 0 unspecified atom stereocenters. The number of ether oxygens (including phenoxy) is 1. The molecule has 5 heteroatoms. The van der Waals surface area contributed by atoms with Crippen LogP contribution < -0.4 is 10.3 Å². The van der Waals surface area contributed by atoms with Gasteiger partial charge in [0.15, 0.2) is 5.65 Å². The van der Waals surface area contributed by atoms with Gasteiger partial charge in [-0.05, 0) is 17.7 Å². The highest BCUT2D eigenvalue weighted by Gasteiger charge is 2.02. The molecule has 2 heterocycles. The number of nitrogens with zero attached hydrogens (tertiary/aromatic N) is 2. The lowest BCUT2D eigenvalue weighted by Gasteiger charge is -2.04. The summed E-state index contributed by atoms with van der Waals surface area (Å²) in [5, 5.41) is 2.67. The van der Waals surface area contributed by atoms with Crippen LogP contribution in [0.1, 0.15) is 0 Å². The van der Waals surface area contributed by atoms with E-state index in [2.05, 4.69) is 10.1 Å². The number of hydrogen-bond acceptors (Lipinski definition) is 3. The second-order valence-electron chi connectivity index (χ2n) is 3.92. The van der Waals surface area contributed by atoms with Gasteiger partial charge < -0.3 is 4.74 Å². The predicted octanol–water partition coefficient (Wildman–Crippen LogP) is 1.70. The van der Waals surface area contributed by atoms with Crippen molar-refractivity contribution in [3.05, 3.63) is 53.1 Å². The largest absolute Gasteiger partial charge is 0.497 e. The van der Waals surface area contributed by atoms with Crippen LogP contribution in [0.4, 0.5) is 0 Å². The highest BCUT2D eigenvalue weighted by atomic mass is 16.5. The van der Waals surface area contributed by atoms with E-state index in [4.69, 9.17) is 4.74 Å². The Balaban J connectivity index is 2.09. The van der Waals surface area contributed by atoms with E-state index in [1.54, 1.807) is 17.8 Å². The van der Waals surface area contributed by atoms with Gasteiger partial charge in [-0.25, -0.2) is 9.50 Å². The summed E-state index contributed by atoms with van der Waals surface area (Å²) < 4.78 is 6.72. The summed E-state index contributed by atoms with van der Waals surface area (Å²) >= 11 is 0. The van der Waals surface area contributed by atoms with Crippen LogP contribution in [0.3, 0.4) is 0 Å². The van der Waals surface area contributed by atoms with E-state index in [0.29, 0.717) is 5.65 Å². The van der Waals surface area contributed by atoms with Crippen LogP contribution >= 0.6 is 0 Å². The molecule has 1 aromatic carbocycles. The van der Waals surface area contributed by atoms with Gasteiger partial charge in [-0.15, -0.1) is 0 Å². The first-order valence-corrected chi connectivity index (χ1v) is 5.48. The summed E-state index contributed by atoms with van der Waals surface area (Å²) in [5.41, 5.74) is 2.39. The summed E-state index contributed by atoms with van der Waals surface area (Å²) in [6.07, 6.45) is 3.58. The molecule has 0 spiro atoms. The number of methoxy groups -OCH3 is 1. The Labute approximate surface area is 103 Å². The Morgan fingerprint density at radius 2 is 2.00 bits per heavy atom. The van der Waals surface area contributed by atoms with Crippen molar-refractivity contribution in [1.82, 2.24) is 14.6 Å². The molecule has 3 rings (SSSR count). The molecule has 0 bridgehead atoms. The fraction of sp³-hybridized carbons (Fsp3) is 0.0769. The summed E-state index contributed by atoms with van der Waals surface area (Å²) in [5.74, 6) is 0.808. The molecule has 0 aliphatic rings. The van der Waals surface area contributed by atoms with Gasteiger partial charge in [0, 0.05) is 24.0 Å². The maximum absolute atomic E-state index is 11.2. The minimum absolute atomic E-state index is 0.158. The summed E-state index contributed by atoms with van der Waals surface area (Å²) in [6.45, 7) is 0. The monoisotopic (exact) mass is 241 g/mol. The zero-order valence-corrected chi connectivity index (χ0v) is 9.75. The fourth-order valence-electron chi connectivity index (χ4n) is 1.83. The molecule has 1 N–H and O–H groups in total. The van der Waals surface area contributed by atoms with Gasteiger partial charge >= 0.3 is 0 Å². The lowest BCUT2D eigenvalue weighted by molar-refractivity contribution is 0.415. The van der Waals surface area contributed by atoms with E-state index in [0.717, 1.165) is 16.9 Å². The van der Waals surface area contributed by atoms with Crippen LogP contribution in [-0.4, -0.2) is 21.7 Å². The van der Waals surface area contributed by atoms with Crippen LogP contribution in [-0.2, 0) is 0 Å². The average Bonchev–Trinajstić information content (AvgIpc) is 2.78. The van der Waals surface area contributed by atoms with Crippen LogP contribution in [0.15, 0.2) is 47.5 Å². The Hall–Kier alpha value is -2.56. The Bertz CT molecular complexity index is 741. The van der Waals surface area contributed by atoms with Crippen molar-refractivity contribution >= 4 is 5.65 Å². The third-order valence-electron chi connectivity index (χ3n) is 2.77. The van der Waals surface area contributed by atoms with Crippen LogP contribution in [0.2, 0.25) is 0 Å². The van der Waals surface area contributed by atoms with Crippen molar-refractivity contribution in [2.75, 3.05) is 7.11 Å². The molecule has 90 valence electrons. The van der Waals surface area contributed by atoms with E-state index in [-0.39, 0.29) is 5.56 Å². The molecular weight excluding hydrogens is 230 g/mol. The number of benzene rings is 1. The molecule has 0 saturated carbocycles. The SMILES string of the molecule is COc1ccc(-c2cnc3cc(=O)[nH]n3c2)cc1. The van der Waals surface area contributed by atoms with Gasteiger partial charge in [-0.3, -0.25) is 9.89 Å². The maximum atomic E-state index is 11.2. The predicted molar refractivity (Wildman–Crippen MR) is 67.8 cm³/mol. The lowest BCUT2D eigenvalue weighted by atomic mass is 10.1. The average molecular weight is 241 g/mol. The molecule has 5 nitrogen and oxygen atoms in total. The smallest absolute Gasteiger partial charge is 0.266 e. The highest BCUT2D eigenvalue weighted by molar-refractivity contribution is 5.63. The van der Waals surface area contributed by atoms with Gasteiger partial charge in [-0.2, -0.15) is 0 Å².